The van der Waals surface area contributed by atoms with E-state index in [-0.39, 0.29) is 69.0 Å². The number of aliphatic hydroxyl groups is 3. The van der Waals surface area contributed by atoms with Crippen LogP contribution < -0.4 is 14.2 Å². The van der Waals surface area contributed by atoms with Crippen molar-refractivity contribution in [3.05, 3.63) is 329 Å². The maximum absolute atomic E-state index is 13.4. The first-order valence-corrected chi connectivity index (χ1v) is 47.6. The summed E-state index contributed by atoms with van der Waals surface area (Å²) in [6, 6.07) is 77.7. The summed E-state index contributed by atoms with van der Waals surface area (Å²) < 4.78 is 124. The Morgan fingerprint density at radius 1 is 0.323 bits per heavy atom. The minimum Gasteiger partial charge on any atom is -0.496 e. The van der Waals surface area contributed by atoms with Crippen LogP contribution in [0.3, 0.4) is 0 Å². The number of rotatable bonds is 35. The maximum atomic E-state index is 13.4. The van der Waals surface area contributed by atoms with Gasteiger partial charge in [-0.15, -0.1) is 0 Å². The summed E-state index contributed by atoms with van der Waals surface area (Å²) in [6.45, 7) is 23.2. The van der Waals surface area contributed by atoms with Crippen LogP contribution in [0.1, 0.15) is 77.8 Å². The van der Waals surface area contributed by atoms with Gasteiger partial charge in [0.2, 0.25) is 34.8 Å². The Morgan fingerprint density at radius 3 is 0.811 bits per heavy atom. The van der Waals surface area contributed by atoms with E-state index in [1.54, 1.807) is 108 Å². The van der Waals surface area contributed by atoms with Gasteiger partial charge in [-0.25, -0.2) is 30.0 Å². The lowest BCUT2D eigenvalue weighted by Crippen LogP contribution is -2.11. The van der Waals surface area contributed by atoms with Crippen molar-refractivity contribution in [3.63, 3.8) is 0 Å². The van der Waals surface area contributed by atoms with Crippen molar-refractivity contribution >= 4 is 84.2 Å². The van der Waals surface area contributed by atoms with Gasteiger partial charge in [-0.05, 0) is 282 Å². The summed E-state index contributed by atoms with van der Waals surface area (Å²) in [6.07, 6.45) is 0. The highest BCUT2D eigenvalue weighted by Crippen LogP contribution is 2.37. The molecule has 668 valence electrons. The number of ether oxygens (including phenoxy) is 8. The standard InChI is InChI=1S/C36H38O7S.C32H34O6S.C28H24Br2O3S.C4H5ClO.C2H6O2/c1-6-41-24-32-22-30(13-18-35(32)40-5)28-11-16-34(17-12-28)44(38,39)33-14-9-27(10-15-33)29-8-7-26(4)31(21-29)23-42-19-20-43-36(37)25(2)3;1-4-37-22-29-20-27(11-16-32(29)36-3)25-9-14-31(15-10-25)39(34,35)30-12-7-24(8-13-30)26-6-5-23(2)28(19-26)21-38-18-17-33;1-19-3-4-22(15-24(19)17-29)20-5-10-26(11-6-20)34(31,32)27-12-7-21(8-13-27)23-9-14-28(33-2)25(16-23)18-30;1-3(2)4(5)6;3-1-2-4/h7-18,21-22H,2,6,19-20,23-24H2,1,3-5H3;5-16,19-20,33H,4,17-18,21-22H2,1-3H3;3-16H,17-18H2,1-2H3;1H2,2H3;3-4H,1-2H2. The minimum absolute atomic E-state index is 0.0196. The molecule has 127 heavy (non-hydrogen) atoms. The number of carbonyl (C=O) groups excluding carboxylic acids is 2. The Hall–Kier alpha value is -10.5. The second-order valence-electron chi connectivity index (χ2n) is 28.9. The fraction of sp³-hybridized carbons (Fsp3) is 0.235. The lowest BCUT2D eigenvalue weighted by Gasteiger charge is -2.12. The lowest BCUT2D eigenvalue weighted by atomic mass is 10.0. The normalized spacial score (nSPS) is 11.1. The smallest absolute Gasteiger partial charge is 0.333 e. The Balaban J connectivity index is 0.000000224. The predicted molar refractivity (Wildman–Crippen MR) is 509 cm³/mol. The van der Waals surface area contributed by atoms with Crippen LogP contribution in [-0.2, 0) is 99.9 Å². The average molecular weight is 1930 g/mol. The van der Waals surface area contributed by atoms with Gasteiger partial charge < -0.3 is 53.2 Å². The third kappa shape index (κ3) is 28.7. The number of hydrogen-bond acceptors (Lipinski definition) is 19. The van der Waals surface area contributed by atoms with Gasteiger partial charge in [0.15, 0.2) is 0 Å². The number of halogens is 3. The van der Waals surface area contributed by atoms with Gasteiger partial charge >= 0.3 is 5.97 Å². The number of esters is 1. The van der Waals surface area contributed by atoms with Crippen LogP contribution in [0.5, 0.6) is 17.2 Å². The Bertz CT molecular complexity index is 6020. The van der Waals surface area contributed by atoms with Gasteiger partial charge in [0.1, 0.15) is 23.9 Å². The molecule has 0 saturated carbocycles. The molecule has 0 fully saturated rings. The zero-order valence-electron chi connectivity index (χ0n) is 72.8. The summed E-state index contributed by atoms with van der Waals surface area (Å²) in [5, 5.41) is 25.2. The highest BCUT2D eigenvalue weighted by atomic mass is 79.9. The van der Waals surface area contributed by atoms with Crippen LogP contribution in [0.2, 0.25) is 0 Å². The summed E-state index contributed by atoms with van der Waals surface area (Å²) in [4.78, 5) is 22.8. The van der Waals surface area contributed by atoms with Gasteiger partial charge in [0.05, 0.1) is 110 Å². The predicted octanol–water partition coefficient (Wildman–Crippen LogP) is 21.8. The van der Waals surface area contributed by atoms with Crippen LogP contribution in [-0.4, -0.2) is 126 Å². The second kappa shape index (κ2) is 50.3. The molecule has 25 heteroatoms. The average Bonchev–Trinajstić information content (AvgIpc) is 0.795. The molecular weight excluding hydrogens is 1820 g/mol. The van der Waals surface area contributed by atoms with Crippen LogP contribution in [0, 0.1) is 20.8 Å². The zero-order valence-corrected chi connectivity index (χ0v) is 79.2. The molecule has 12 rings (SSSR count). The van der Waals surface area contributed by atoms with Crippen molar-refractivity contribution in [1.82, 2.24) is 0 Å². The number of sulfone groups is 3. The summed E-state index contributed by atoms with van der Waals surface area (Å²) in [5.74, 6) is 1.89. The Morgan fingerprint density at radius 2 is 0.559 bits per heavy atom. The van der Waals surface area contributed by atoms with E-state index in [2.05, 4.69) is 70.1 Å². The zero-order chi connectivity index (χ0) is 92.4. The monoisotopic (exact) mass is 1920 g/mol. The number of aryl methyl sites for hydroxylation is 3. The number of allylic oxidation sites excluding steroid dienone is 1. The first-order chi connectivity index (χ1) is 60.9. The molecule has 12 aromatic rings. The molecule has 0 atom stereocenters. The van der Waals surface area contributed by atoms with Crippen molar-refractivity contribution < 1.29 is 88.1 Å². The number of methoxy groups -OCH3 is 3. The van der Waals surface area contributed by atoms with Crippen molar-refractivity contribution in [3.8, 4) is 84.0 Å². The largest absolute Gasteiger partial charge is 0.496 e. The summed E-state index contributed by atoms with van der Waals surface area (Å²) in [7, 11) is -6.11. The van der Waals surface area contributed by atoms with E-state index < -0.39 is 40.7 Å². The van der Waals surface area contributed by atoms with Gasteiger partial charge in [-0.1, -0.05) is 178 Å². The van der Waals surface area contributed by atoms with Crippen molar-refractivity contribution in [1.29, 1.82) is 0 Å². The van der Waals surface area contributed by atoms with E-state index >= 15 is 0 Å². The first-order valence-electron chi connectivity index (χ1n) is 40.5. The van der Waals surface area contributed by atoms with Gasteiger partial charge in [0, 0.05) is 51.7 Å². The number of alkyl halides is 2. The topological polar surface area (TPSA) is 271 Å². The Labute approximate surface area is 768 Å². The molecule has 0 aliphatic rings. The number of hydrogen-bond donors (Lipinski definition) is 3. The molecule has 0 aromatic heterocycles. The molecule has 12 aromatic carbocycles. The fourth-order valence-corrected chi connectivity index (χ4v) is 17.6. The van der Waals surface area contributed by atoms with Gasteiger partial charge in [-0.2, -0.15) is 0 Å². The molecule has 0 aliphatic carbocycles. The van der Waals surface area contributed by atoms with Gasteiger partial charge in [-0.3, -0.25) is 4.79 Å². The molecule has 0 aliphatic heterocycles. The van der Waals surface area contributed by atoms with E-state index in [0.29, 0.717) is 56.1 Å². The quantitative estimate of drug-likeness (QED) is 0.0109. The molecule has 0 heterocycles. The van der Waals surface area contributed by atoms with Crippen molar-refractivity contribution in [2.24, 2.45) is 0 Å². The van der Waals surface area contributed by atoms with E-state index in [1.807, 2.05) is 191 Å². The molecule has 0 unspecified atom stereocenters. The fourth-order valence-electron chi connectivity index (χ4n) is 12.7. The molecule has 19 nitrogen and oxygen atoms in total. The minimum atomic E-state index is -3.71. The Kier molecular flexibility index (Phi) is 40.3. The van der Waals surface area contributed by atoms with Crippen LogP contribution >= 0.6 is 43.5 Å². The lowest BCUT2D eigenvalue weighted by molar-refractivity contribution is -0.140. The highest BCUT2D eigenvalue weighted by molar-refractivity contribution is 9.08. The first kappa shape index (κ1) is 102. The number of carbonyl (C=O) groups is 2. The van der Waals surface area contributed by atoms with E-state index in [1.165, 1.54) is 11.1 Å². The number of benzene rings is 12. The molecule has 0 spiro atoms. The van der Waals surface area contributed by atoms with E-state index in [0.717, 1.165) is 128 Å². The maximum Gasteiger partial charge on any atom is 0.333 e. The third-order valence-electron chi connectivity index (χ3n) is 20.1. The molecule has 0 saturated heterocycles. The SMILES string of the molecule is C=C(C)C(=O)Cl.C=C(C)C(=O)OCCOCc1cc(-c2ccc(S(=O)(=O)c3ccc(-c4ccc(OC)c(COCC)c4)cc3)cc2)ccc1C.CCOCc1cc(-c2ccc(S(=O)(=O)c3ccc(-c4ccc(C)c(COCCO)c4)cc3)cc2)ccc1OC.COc1ccc(-c2ccc(S(=O)(=O)c3ccc(-c4ccc(C)c(CBr)c4)cc3)cc2)cc1CBr.OCCO. The molecular formula is C102H107Br2ClO19S3. The molecule has 0 radical (unpaired) electrons. The van der Waals surface area contributed by atoms with Gasteiger partial charge in [0.25, 0.3) is 0 Å². The van der Waals surface area contributed by atoms with E-state index in [4.69, 9.17) is 64.8 Å². The van der Waals surface area contributed by atoms with Crippen LogP contribution in [0.25, 0.3) is 66.8 Å². The highest BCUT2D eigenvalue weighted by Gasteiger charge is 2.23. The third-order valence-corrected chi connectivity index (χ3v) is 27.0. The summed E-state index contributed by atoms with van der Waals surface area (Å²) in [5.41, 5.74) is 21.7. The molecule has 0 bridgehead atoms. The second-order valence-corrected chi connectivity index (χ2v) is 36.3. The van der Waals surface area contributed by atoms with Crippen LogP contribution in [0.4, 0.5) is 0 Å². The van der Waals surface area contributed by atoms with E-state index in [9.17, 15) is 34.8 Å². The van der Waals surface area contributed by atoms with Crippen LogP contribution in [0.15, 0.2) is 308 Å². The molecule has 3 N–H and O–H groups in total. The molecule has 0 amide bonds. The van der Waals surface area contributed by atoms with Crippen molar-refractivity contribution in [2.75, 3.05) is 74.2 Å². The summed E-state index contributed by atoms with van der Waals surface area (Å²) >= 11 is 11.9. The van der Waals surface area contributed by atoms with Crippen molar-refractivity contribution in [2.45, 2.75) is 115 Å². The number of aliphatic hydroxyl groups excluding tert-OH is 3.